The highest BCUT2D eigenvalue weighted by Crippen LogP contribution is 2.35. The van der Waals surface area contributed by atoms with Crippen LogP contribution in [0.5, 0.6) is 0 Å². The van der Waals surface area contributed by atoms with E-state index in [0.29, 0.717) is 24.3 Å². The molecule has 0 aliphatic carbocycles. The van der Waals surface area contributed by atoms with Crippen molar-refractivity contribution in [1.82, 2.24) is 0 Å². The maximum Gasteiger partial charge on any atom is 0.320 e. The molecule has 1 heterocycles. The third-order valence-electron chi connectivity index (χ3n) is 4.96. The van der Waals surface area contributed by atoms with E-state index in [4.69, 9.17) is 62.5 Å². The molecule has 0 bridgehead atoms. The first kappa shape index (κ1) is 24.1. The van der Waals surface area contributed by atoms with Crippen LogP contribution in [0, 0.1) is 11.3 Å². The Morgan fingerprint density at radius 1 is 1.23 bits per heavy atom. The van der Waals surface area contributed by atoms with Crippen molar-refractivity contribution in [2.75, 3.05) is 11.5 Å². The van der Waals surface area contributed by atoms with Gasteiger partial charge in [-0.25, -0.2) is 0 Å². The summed E-state index contributed by atoms with van der Waals surface area (Å²) >= 11 is 0. The first-order valence-electron chi connectivity index (χ1n) is 8.66. The standard InChI is InChI=1S/C9H14B12N2O2S/c10-17(11)20(21(18(12)13)19(14)15)16-6-8(16)26(4-1-3-22)5-2-7(23)9(24)25/h7-8H,1-2,4-6,23H2/p+1/t7-,8?,26?/m0/s1. The van der Waals surface area contributed by atoms with Crippen molar-refractivity contribution < 1.29 is 9.90 Å². The molecule has 0 aromatic rings. The van der Waals surface area contributed by atoms with E-state index in [9.17, 15) is 4.79 Å². The molecule has 3 atom stereocenters. The Morgan fingerprint density at radius 2 is 1.81 bits per heavy atom. The lowest BCUT2D eigenvalue weighted by atomic mass is 8.50. The number of hydrogen-bond donors (Lipinski definition) is 2. The third-order valence-corrected chi connectivity index (χ3v) is 7.85. The van der Waals surface area contributed by atoms with E-state index in [1.54, 1.807) is 0 Å². The van der Waals surface area contributed by atoms with Crippen molar-refractivity contribution in [2.24, 2.45) is 5.73 Å². The minimum atomic E-state index is -1.02. The van der Waals surface area contributed by atoms with Gasteiger partial charge in [-0.05, 0) is 17.2 Å². The summed E-state index contributed by atoms with van der Waals surface area (Å²) in [5, 5.41) is 18.2. The van der Waals surface area contributed by atoms with Crippen LogP contribution in [0.25, 0.3) is 0 Å². The van der Waals surface area contributed by atoms with E-state index in [-0.39, 0.29) is 29.0 Å². The molecule has 1 rings (SSSR count). The predicted molar refractivity (Wildman–Crippen MR) is 125 cm³/mol. The van der Waals surface area contributed by atoms with Crippen LogP contribution in [0.2, 0.25) is 6.32 Å². The molecule has 0 aromatic carbocycles. The zero-order valence-electron chi connectivity index (χ0n) is 14.9. The van der Waals surface area contributed by atoms with Gasteiger partial charge in [0, 0.05) is 84.8 Å². The van der Waals surface area contributed by atoms with Gasteiger partial charge in [0.2, 0.25) is 0 Å². The predicted octanol–water partition coefficient (Wildman–Crippen LogP) is -4.41. The molecular formula is C9H15B12N2O2S+. The van der Waals surface area contributed by atoms with Crippen molar-refractivity contribution in [3.05, 3.63) is 0 Å². The highest BCUT2D eigenvalue weighted by molar-refractivity contribution is 8.10. The molecule has 1 aliphatic heterocycles. The quantitative estimate of drug-likeness (QED) is 0.276. The van der Waals surface area contributed by atoms with Crippen molar-refractivity contribution in [2.45, 2.75) is 30.4 Å². The minimum absolute atomic E-state index is 0.152. The van der Waals surface area contributed by atoms with Crippen molar-refractivity contribution in [1.29, 1.82) is 5.26 Å². The minimum Gasteiger partial charge on any atom is -0.480 e. The van der Waals surface area contributed by atoms with Gasteiger partial charge in [-0.15, -0.1) is 0 Å². The Balaban J connectivity index is 2.84. The summed E-state index contributed by atoms with van der Waals surface area (Å²) in [7, 11) is 35.3. The van der Waals surface area contributed by atoms with Crippen molar-refractivity contribution in [3.8, 4) is 6.07 Å². The van der Waals surface area contributed by atoms with Crippen LogP contribution >= 0.6 is 0 Å². The molecule has 0 aromatic heterocycles. The lowest BCUT2D eigenvalue weighted by Gasteiger charge is -2.31. The number of nitrogens with two attached hydrogens (primary N) is 1. The van der Waals surface area contributed by atoms with Gasteiger partial charge in [0.05, 0.1) is 17.6 Å². The van der Waals surface area contributed by atoms with Gasteiger partial charge in [0.15, 0.2) is 6.60 Å². The molecule has 0 spiro atoms. The van der Waals surface area contributed by atoms with Crippen molar-refractivity contribution in [3.63, 3.8) is 0 Å². The second-order valence-corrected chi connectivity index (χ2v) is 9.41. The maximum atomic E-state index is 10.9. The van der Waals surface area contributed by atoms with Gasteiger partial charge in [0.1, 0.15) is 17.5 Å². The molecule has 0 amide bonds. The first-order chi connectivity index (χ1) is 12.1. The van der Waals surface area contributed by atoms with Gasteiger partial charge >= 0.3 is 5.97 Å². The third kappa shape index (κ3) is 6.89. The second kappa shape index (κ2) is 11.1. The molecule has 2 unspecified atom stereocenters. The second-order valence-electron chi connectivity index (χ2n) is 6.91. The smallest absolute Gasteiger partial charge is 0.320 e. The Labute approximate surface area is 170 Å². The molecule has 26 heavy (non-hydrogen) atoms. The molecule has 4 nitrogen and oxygen atoms in total. The number of rotatable bonds is 12. The van der Waals surface area contributed by atoms with Gasteiger partial charge < -0.3 is 10.8 Å². The van der Waals surface area contributed by atoms with E-state index in [2.05, 4.69) is 6.07 Å². The monoisotopic (exact) mass is 347 g/mol. The molecule has 114 valence electrons. The number of nitrogens with zero attached hydrogens (tertiary/aromatic N) is 1. The van der Waals surface area contributed by atoms with E-state index in [0.717, 1.165) is 6.32 Å². The summed E-state index contributed by atoms with van der Waals surface area (Å²) < 4.78 is 0. The summed E-state index contributed by atoms with van der Waals surface area (Å²) in [4.78, 5) is 10.9. The molecule has 17 heteroatoms. The highest BCUT2D eigenvalue weighted by Gasteiger charge is 2.59. The van der Waals surface area contributed by atoms with Gasteiger partial charge in [-0.3, -0.25) is 4.79 Å². The first-order valence-corrected chi connectivity index (χ1v) is 10.3. The summed E-state index contributed by atoms with van der Waals surface area (Å²) in [6.07, 6.45) is -1.16. The number of aliphatic carboxylic acids is 1. The Bertz CT molecular complexity index is 500. The van der Waals surface area contributed by atoms with Gasteiger partial charge in [0.25, 0.3) is 0 Å². The summed E-state index contributed by atoms with van der Waals surface area (Å²) in [6, 6.07) is 1.24. The molecule has 0 saturated carbocycles. The van der Waals surface area contributed by atoms with Crippen LogP contribution in [0.1, 0.15) is 12.8 Å². The van der Waals surface area contributed by atoms with Crippen LogP contribution in [0.15, 0.2) is 0 Å². The maximum absolute atomic E-state index is 10.9. The lowest BCUT2D eigenvalue weighted by Crippen LogP contribution is -2.70. The molecule has 1 saturated heterocycles. The number of carbonyl (C=O) groups is 1. The zero-order chi connectivity index (χ0) is 20.0. The Hall–Kier alpha value is 0.0492. The molecule has 1 fully saturated rings. The van der Waals surface area contributed by atoms with E-state index < -0.39 is 37.6 Å². The highest BCUT2D eigenvalue weighted by atomic mass is 32.2. The van der Waals surface area contributed by atoms with Gasteiger partial charge in [-0.1, -0.05) is 0 Å². The summed E-state index contributed by atoms with van der Waals surface area (Å²) in [5.41, 5.74) is 5.62. The summed E-state index contributed by atoms with van der Waals surface area (Å²) in [6.45, 7) is 0.160. The molecular weight excluding hydrogens is 330 g/mol. The van der Waals surface area contributed by atoms with Gasteiger partial charge in [-0.2, -0.15) is 5.26 Å². The van der Waals surface area contributed by atoms with Crippen LogP contribution in [-0.2, 0) is 15.7 Å². The van der Waals surface area contributed by atoms with E-state index >= 15 is 0 Å². The average Bonchev–Trinajstić information content (AvgIpc) is 3.30. The Kier molecular flexibility index (Phi) is 10.3. The number of hydrogen-bond acceptors (Lipinski definition) is 3. The summed E-state index contributed by atoms with van der Waals surface area (Å²) in [5.74, 6) is 0.327. The largest absolute Gasteiger partial charge is 0.480 e. The van der Waals surface area contributed by atoms with Crippen LogP contribution < -0.4 is 5.73 Å². The topological polar surface area (TPSA) is 87.1 Å². The normalized spacial score (nSPS) is 17.5. The zero-order valence-corrected chi connectivity index (χ0v) is 15.7. The van der Waals surface area contributed by atoms with Crippen molar-refractivity contribution >= 4 is 102 Å². The fourth-order valence-electron chi connectivity index (χ4n) is 3.56. The molecule has 1 aliphatic rings. The van der Waals surface area contributed by atoms with Crippen LogP contribution in [-0.4, -0.2) is 119 Å². The van der Waals surface area contributed by atoms with Crippen LogP contribution in [0.4, 0.5) is 0 Å². The lowest BCUT2D eigenvalue weighted by molar-refractivity contribution is -0.138. The SMILES string of the molecule is [B]B([B])B(B([B])[B])B(B([B])[B])B1CC1[S+](CCC#N)CC[C@H](N)C(=O)O. The number of carboxylic acids is 1. The number of nitriles is 1. The van der Waals surface area contributed by atoms with E-state index in [1.807, 2.05) is 0 Å². The Morgan fingerprint density at radius 3 is 2.23 bits per heavy atom. The molecule has 3 N–H and O–H groups in total. The fourth-order valence-corrected chi connectivity index (χ4v) is 6.45. The average molecular weight is 345 g/mol. The number of carboxylic acid groups (broad SMARTS) is 1. The van der Waals surface area contributed by atoms with Crippen LogP contribution in [0.3, 0.4) is 0 Å². The van der Waals surface area contributed by atoms with E-state index in [1.165, 1.54) is 0 Å². The molecule has 12 radical (unpaired) electrons. The fraction of sp³-hybridized carbons (Fsp3) is 0.778.